The summed E-state index contributed by atoms with van der Waals surface area (Å²) in [6, 6.07) is 15.1. The van der Waals surface area contributed by atoms with Gasteiger partial charge in [-0.2, -0.15) is 0 Å². The van der Waals surface area contributed by atoms with Crippen LogP contribution in [0.4, 0.5) is 10.1 Å². The molecular formula is C18H19FN4. The van der Waals surface area contributed by atoms with Crippen LogP contribution in [0.15, 0.2) is 48.5 Å². The molecule has 1 fully saturated rings. The highest BCUT2D eigenvalue weighted by molar-refractivity contribution is 5.74. The van der Waals surface area contributed by atoms with Crippen molar-refractivity contribution in [3.05, 3.63) is 60.2 Å². The minimum atomic E-state index is -0.141. The number of halogens is 1. The zero-order valence-electron chi connectivity index (χ0n) is 12.9. The first kappa shape index (κ1) is 14.2. The van der Waals surface area contributed by atoms with Gasteiger partial charge in [0.2, 0.25) is 0 Å². The van der Waals surface area contributed by atoms with E-state index >= 15 is 0 Å². The maximum Gasteiger partial charge on any atom is 0.146 e. The predicted molar refractivity (Wildman–Crippen MR) is 90.0 cm³/mol. The zero-order valence-corrected chi connectivity index (χ0v) is 12.9. The summed E-state index contributed by atoms with van der Waals surface area (Å²) in [4.78, 5) is 12.5. The Balaban J connectivity index is 1.41. The Morgan fingerprint density at radius 2 is 1.70 bits per heavy atom. The molecule has 4 nitrogen and oxygen atoms in total. The van der Waals surface area contributed by atoms with Gasteiger partial charge in [0.05, 0.1) is 23.3 Å². The molecule has 1 N–H and O–H groups in total. The second-order valence-corrected chi connectivity index (χ2v) is 5.92. The summed E-state index contributed by atoms with van der Waals surface area (Å²) in [5.41, 5.74) is 2.79. The SMILES string of the molecule is Fc1ccccc1N1CCN(Cc2nc3ccccc3[nH]2)CC1. The van der Waals surface area contributed by atoms with Crippen LogP contribution in [0.2, 0.25) is 0 Å². The number of anilines is 1. The molecule has 0 radical (unpaired) electrons. The number of imidazole rings is 1. The van der Waals surface area contributed by atoms with Crippen LogP contribution in [0.25, 0.3) is 11.0 Å². The molecule has 2 aromatic carbocycles. The van der Waals surface area contributed by atoms with Crippen LogP contribution >= 0.6 is 0 Å². The molecule has 0 saturated carbocycles. The maximum absolute atomic E-state index is 13.9. The Morgan fingerprint density at radius 3 is 2.48 bits per heavy atom. The molecule has 0 spiro atoms. The van der Waals surface area contributed by atoms with Crippen molar-refractivity contribution in [3.63, 3.8) is 0 Å². The van der Waals surface area contributed by atoms with Crippen molar-refractivity contribution < 1.29 is 4.39 Å². The van der Waals surface area contributed by atoms with Gasteiger partial charge >= 0.3 is 0 Å². The third-order valence-electron chi connectivity index (χ3n) is 4.38. The first-order valence-electron chi connectivity index (χ1n) is 7.95. The fraction of sp³-hybridized carbons (Fsp3) is 0.278. The summed E-state index contributed by atoms with van der Waals surface area (Å²) in [6.45, 7) is 4.29. The van der Waals surface area contributed by atoms with Gasteiger partial charge < -0.3 is 9.88 Å². The molecule has 4 rings (SSSR count). The molecule has 1 aliphatic rings. The van der Waals surface area contributed by atoms with Crippen LogP contribution in [0.5, 0.6) is 0 Å². The van der Waals surface area contributed by atoms with E-state index in [0.29, 0.717) is 5.69 Å². The second-order valence-electron chi connectivity index (χ2n) is 5.92. The molecule has 3 aromatic rings. The highest BCUT2D eigenvalue weighted by atomic mass is 19.1. The second kappa shape index (κ2) is 6.01. The molecule has 0 atom stereocenters. The summed E-state index contributed by atoms with van der Waals surface area (Å²) < 4.78 is 13.9. The monoisotopic (exact) mass is 310 g/mol. The van der Waals surface area contributed by atoms with E-state index in [2.05, 4.69) is 19.8 Å². The van der Waals surface area contributed by atoms with E-state index in [9.17, 15) is 4.39 Å². The predicted octanol–water partition coefficient (Wildman–Crippen LogP) is 3.02. The Kier molecular flexibility index (Phi) is 3.71. The summed E-state index contributed by atoms with van der Waals surface area (Å²) in [6.07, 6.45) is 0. The van der Waals surface area contributed by atoms with E-state index in [1.165, 1.54) is 6.07 Å². The van der Waals surface area contributed by atoms with E-state index in [0.717, 1.165) is 49.6 Å². The van der Waals surface area contributed by atoms with Gasteiger partial charge in [-0.25, -0.2) is 9.37 Å². The molecule has 2 heterocycles. The van der Waals surface area contributed by atoms with Gasteiger partial charge in [-0.1, -0.05) is 24.3 Å². The zero-order chi connectivity index (χ0) is 15.6. The number of piperazine rings is 1. The van der Waals surface area contributed by atoms with Gasteiger partial charge in [-0.15, -0.1) is 0 Å². The molecule has 23 heavy (non-hydrogen) atoms. The average molecular weight is 310 g/mol. The quantitative estimate of drug-likeness (QED) is 0.807. The molecule has 1 aliphatic heterocycles. The van der Waals surface area contributed by atoms with E-state index < -0.39 is 0 Å². The third kappa shape index (κ3) is 2.92. The molecule has 1 aromatic heterocycles. The van der Waals surface area contributed by atoms with Gasteiger partial charge in [-0.05, 0) is 24.3 Å². The van der Waals surface area contributed by atoms with Gasteiger partial charge in [0.1, 0.15) is 11.6 Å². The minimum absolute atomic E-state index is 0.141. The lowest BCUT2D eigenvalue weighted by atomic mass is 10.2. The highest BCUT2D eigenvalue weighted by Gasteiger charge is 2.20. The van der Waals surface area contributed by atoms with E-state index in [1.54, 1.807) is 6.07 Å². The summed E-state index contributed by atoms with van der Waals surface area (Å²) in [5, 5.41) is 0. The fourth-order valence-corrected chi connectivity index (χ4v) is 3.15. The normalized spacial score (nSPS) is 16.1. The number of aromatic nitrogens is 2. The molecule has 0 bridgehead atoms. The van der Waals surface area contributed by atoms with Crippen molar-refractivity contribution >= 4 is 16.7 Å². The molecule has 118 valence electrons. The summed E-state index contributed by atoms with van der Waals surface area (Å²) in [7, 11) is 0. The van der Waals surface area contributed by atoms with Gasteiger partial charge in [0.15, 0.2) is 0 Å². The van der Waals surface area contributed by atoms with Crippen LogP contribution in [0, 0.1) is 5.82 Å². The lowest BCUT2D eigenvalue weighted by Crippen LogP contribution is -2.46. The van der Waals surface area contributed by atoms with Crippen molar-refractivity contribution in [2.45, 2.75) is 6.54 Å². The number of H-pyrrole nitrogens is 1. The standard InChI is InChI=1S/C18H19FN4/c19-14-5-1-4-8-17(14)23-11-9-22(10-12-23)13-18-20-15-6-2-3-7-16(15)21-18/h1-8H,9-13H2,(H,20,21). The minimum Gasteiger partial charge on any atom is -0.367 e. The molecule has 5 heteroatoms. The van der Waals surface area contributed by atoms with Crippen molar-refractivity contribution in [1.29, 1.82) is 0 Å². The van der Waals surface area contributed by atoms with Crippen LogP contribution in [0.3, 0.4) is 0 Å². The van der Waals surface area contributed by atoms with Crippen molar-refractivity contribution in [2.75, 3.05) is 31.1 Å². The topological polar surface area (TPSA) is 35.2 Å². The number of rotatable bonds is 3. The number of nitrogens with zero attached hydrogens (tertiary/aromatic N) is 3. The van der Waals surface area contributed by atoms with Gasteiger partial charge in [0.25, 0.3) is 0 Å². The third-order valence-corrected chi connectivity index (χ3v) is 4.38. The Bertz CT molecular complexity index is 772. The first-order valence-corrected chi connectivity index (χ1v) is 7.95. The van der Waals surface area contributed by atoms with Crippen molar-refractivity contribution in [2.24, 2.45) is 0 Å². The lowest BCUT2D eigenvalue weighted by Gasteiger charge is -2.35. The van der Waals surface area contributed by atoms with Gasteiger partial charge in [-0.3, -0.25) is 4.90 Å². The summed E-state index contributed by atoms with van der Waals surface area (Å²) >= 11 is 0. The van der Waals surface area contributed by atoms with E-state index in [-0.39, 0.29) is 5.82 Å². The maximum atomic E-state index is 13.9. The van der Waals surface area contributed by atoms with Gasteiger partial charge in [0, 0.05) is 26.2 Å². The smallest absolute Gasteiger partial charge is 0.146 e. The largest absolute Gasteiger partial charge is 0.367 e. The number of benzene rings is 2. The Labute approximate surface area is 134 Å². The first-order chi connectivity index (χ1) is 11.3. The lowest BCUT2D eigenvalue weighted by molar-refractivity contribution is 0.244. The molecule has 1 saturated heterocycles. The number of fused-ring (bicyclic) bond motifs is 1. The highest BCUT2D eigenvalue weighted by Crippen LogP contribution is 2.20. The average Bonchev–Trinajstić information content (AvgIpc) is 2.98. The number of aromatic amines is 1. The molecule has 0 unspecified atom stereocenters. The number of hydrogen-bond donors (Lipinski definition) is 1. The fourth-order valence-electron chi connectivity index (χ4n) is 3.15. The number of para-hydroxylation sites is 3. The van der Waals surface area contributed by atoms with E-state index in [4.69, 9.17) is 0 Å². The number of nitrogens with one attached hydrogen (secondary N) is 1. The number of hydrogen-bond acceptors (Lipinski definition) is 3. The summed E-state index contributed by atoms with van der Waals surface area (Å²) in [5.74, 6) is 0.851. The molecular weight excluding hydrogens is 291 g/mol. The van der Waals surface area contributed by atoms with Crippen LogP contribution in [-0.2, 0) is 6.54 Å². The van der Waals surface area contributed by atoms with Crippen LogP contribution in [0.1, 0.15) is 5.82 Å². The van der Waals surface area contributed by atoms with E-state index in [1.807, 2.05) is 36.4 Å². The Hall–Kier alpha value is -2.40. The van der Waals surface area contributed by atoms with Crippen molar-refractivity contribution in [1.82, 2.24) is 14.9 Å². The Morgan fingerprint density at radius 1 is 0.957 bits per heavy atom. The van der Waals surface area contributed by atoms with Crippen LogP contribution < -0.4 is 4.90 Å². The van der Waals surface area contributed by atoms with Crippen LogP contribution in [-0.4, -0.2) is 41.0 Å². The molecule has 0 amide bonds. The van der Waals surface area contributed by atoms with Crippen molar-refractivity contribution in [3.8, 4) is 0 Å². The molecule has 0 aliphatic carbocycles.